The van der Waals surface area contributed by atoms with Crippen LogP contribution in [0.25, 0.3) is 0 Å². The van der Waals surface area contributed by atoms with E-state index in [9.17, 15) is 14.4 Å². The van der Waals surface area contributed by atoms with Crippen molar-refractivity contribution >= 4 is 58.4 Å². The molecule has 1 saturated carbocycles. The van der Waals surface area contributed by atoms with Crippen molar-refractivity contribution in [1.29, 1.82) is 0 Å². The number of hydrogen-bond donors (Lipinski definition) is 1. The fourth-order valence-electron chi connectivity index (χ4n) is 3.92. The molecule has 8 heteroatoms. The van der Waals surface area contributed by atoms with E-state index in [1.54, 1.807) is 30.0 Å². The molecular weight excluding hydrogens is 407 g/mol. The number of rotatable bonds is 6. The van der Waals surface area contributed by atoms with Gasteiger partial charge in [-0.1, -0.05) is 42.1 Å². The SMILES string of the molecule is CSCCC(C(=O)Nc1cccc(Cl)c1Cl)N1C(=O)C2CCCCC2C1=O. The zero-order valence-electron chi connectivity index (χ0n) is 15.0. The minimum Gasteiger partial charge on any atom is -0.323 e. The molecule has 3 atom stereocenters. The van der Waals surface area contributed by atoms with Gasteiger partial charge in [-0.3, -0.25) is 19.3 Å². The van der Waals surface area contributed by atoms with E-state index < -0.39 is 11.9 Å². The number of amides is 3. The summed E-state index contributed by atoms with van der Waals surface area (Å²) in [5.74, 6) is -0.704. The van der Waals surface area contributed by atoms with E-state index in [4.69, 9.17) is 23.2 Å². The van der Waals surface area contributed by atoms with Crippen molar-refractivity contribution < 1.29 is 14.4 Å². The van der Waals surface area contributed by atoms with E-state index in [1.807, 2.05) is 6.26 Å². The van der Waals surface area contributed by atoms with E-state index in [1.165, 1.54) is 4.90 Å². The molecule has 1 aromatic rings. The predicted molar refractivity (Wildman–Crippen MR) is 109 cm³/mol. The van der Waals surface area contributed by atoms with Crippen LogP contribution in [0, 0.1) is 11.8 Å². The Morgan fingerprint density at radius 3 is 2.44 bits per heavy atom. The smallest absolute Gasteiger partial charge is 0.247 e. The summed E-state index contributed by atoms with van der Waals surface area (Å²) in [6.45, 7) is 0. The minimum absolute atomic E-state index is 0.205. The molecule has 1 aliphatic carbocycles. The van der Waals surface area contributed by atoms with Gasteiger partial charge in [-0.15, -0.1) is 0 Å². The van der Waals surface area contributed by atoms with Crippen molar-refractivity contribution in [3.63, 3.8) is 0 Å². The lowest BCUT2D eigenvalue weighted by molar-refractivity contribution is -0.146. The summed E-state index contributed by atoms with van der Waals surface area (Å²) in [6.07, 6.45) is 5.69. The van der Waals surface area contributed by atoms with Gasteiger partial charge in [0.05, 0.1) is 27.6 Å². The van der Waals surface area contributed by atoms with Crippen LogP contribution < -0.4 is 5.32 Å². The number of imide groups is 1. The Balaban J connectivity index is 1.84. The standard InChI is InChI=1S/C19H22Cl2N2O3S/c1-27-10-9-15(17(24)22-14-8-4-7-13(20)16(14)21)23-18(25)11-5-2-3-6-12(11)19(23)26/h4,7-8,11-12,15H,2-3,5-6,9-10H2,1H3,(H,22,24). The quantitative estimate of drug-likeness (QED) is 0.688. The van der Waals surface area contributed by atoms with Gasteiger partial charge in [-0.2, -0.15) is 11.8 Å². The van der Waals surface area contributed by atoms with Gasteiger partial charge in [0.1, 0.15) is 6.04 Å². The largest absolute Gasteiger partial charge is 0.323 e. The van der Waals surface area contributed by atoms with Crippen LogP contribution in [0.15, 0.2) is 18.2 Å². The second-order valence-corrected chi connectivity index (χ2v) is 8.70. The van der Waals surface area contributed by atoms with Crippen molar-refractivity contribution in [3.05, 3.63) is 28.2 Å². The van der Waals surface area contributed by atoms with Crippen molar-refractivity contribution in [2.24, 2.45) is 11.8 Å². The van der Waals surface area contributed by atoms with Gasteiger partial charge in [0.2, 0.25) is 17.7 Å². The summed E-state index contributed by atoms with van der Waals surface area (Å²) in [5, 5.41) is 3.32. The molecule has 146 valence electrons. The van der Waals surface area contributed by atoms with Crippen LogP contribution in [0.3, 0.4) is 0 Å². The number of halogens is 2. The van der Waals surface area contributed by atoms with Gasteiger partial charge in [-0.05, 0) is 43.4 Å². The second-order valence-electron chi connectivity index (χ2n) is 6.93. The van der Waals surface area contributed by atoms with Crippen molar-refractivity contribution in [1.82, 2.24) is 4.90 Å². The fraction of sp³-hybridized carbons (Fsp3) is 0.526. The maximum atomic E-state index is 13.0. The third-order valence-electron chi connectivity index (χ3n) is 5.29. The van der Waals surface area contributed by atoms with Crippen molar-refractivity contribution in [3.8, 4) is 0 Å². The zero-order valence-corrected chi connectivity index (χ0v) is 17.4. The van der Waals surface area contributed by atoms with E-state index in [0.29, 0.717) is 22.9 Å². The Morgan fingerprint density at radius 2 is 1.85 bits per heavy atom. The lowest BCUT2D eigenvalue weighted by Gasteiger charge is -2.26. The van der Waals surface area contributed by atoms with Gasteiger partial charge in [0.25, 0.3) is 0 Å². The molecule has 0 aromatic heterocycles. The summed E-state index contributed by atoms with van der Waals surface area (Å²) in [6, 6.07) is 4.12. The van der Waals surface area contributed by atoms with Crippen LogP contribution in [0.2, 0.25) is 10.0 Å². The lowest BCUT2D eigenvalue weighted by atomic mass is 9.81. The number of thioether (sulfide) groups is 1. The van der Waals surface area contributed by atoms with E-state index >= 15 is 0 Å². The molecular formula is C19H22Cl2N2O3S. The molecule has 3 amide bonds. The predicted octanol–water partition coefficient (Wildman–Crippen LogP) is 4.23. The number of anilines is 1. The molecule has 0 radical (unpaired) electrons. The molecule has 1 aliphatic heterocycles. The first-order valence-electron chi connectivity index (χ1n) is 9.06. The number of nitrogens with zero attached hydrogens (tertiary/aromatic N) is 1. The van der Waals surface area contributed by atoms with Crippen LogP contribution >= 0.6 is 35.0 Å². The molecule has 2 aliphatic rings. The molecule has 0 spiro atoms. The second kappa shape index (κ2) is 8.84. The van der Waals surface area contributed by atoms with Gasteiger partial charge >= 0.3 is 0 Å². The van der Waals surface area contributed by atoms with Crippen LogP contribution in [0.4, 0.5) is 5.69 Å². The lowest BCUT2D eigenvalue weighted by Crippen LogP contribution is -2.48. The normalized spacial score (nSPS) is 23.3. The average Bonchev–Trinajstić information content (AvgIpc) is 2.91. The van der Waals surface area contributed by atoms with Gasteiger partial charge < -0.3 is 5.32 Å². The first-order chi connectivity index (χ1) is 13.0. The Hall–Kier alpha value is -1.24. The number of benzene rings is 1. The Morgan fingerprint density at radius 1 is 1.22 bits per heavy atom. The first kappa shape index (κ1) is 20.5. The topological polar surface area (TPSA) is 66.5 Å². The number of nitrogens with one attached hydrogen (secondary N) is 1. The molecule has 1 N–H and O–H groups in total. The summed E-state index contributed by atoms with van der Waals surface area (Å²) in [7, 11) is 0. The highest BCUT2D eigenvalue weighted by molar-refractivity contribution is 7.98. The van der Waals surface area contributed by atoms with Gasteiger partial charge in [0.15, 0.2) is 0 Å². The molecule has 0 bridgehead atoms. The van der Waals surface area contributed by atoms with Crippen molar-refractivity contribution in [2.45, 2.75) is 38.1 Å². The van der Waals surface area contributed by atoms with Crippen LogP contribution in [0.1, 0.15) is 32.1 Å². The Bertz CT molecular complexity index is 734. The minimum atomic E-state index is -0.835. The van der Waals surface area contributed by atoms with E-state index in [0.717, 1.165) is 25.7 Å². The van der Waals surface area contributed by atoms with E-state index in [-0.39, 0.29) is 28.7 Å². The molecule has 5 nitrogen and oxygen atoms in total. The van der Waals surface area contributed by atoms with Crippen LogP contribution in [-0.4, -0.2) is 40.7 Å². The third-order valence-corrected chi connectivity index (χ3v) is 6.76. The first-order valence-corrected chi connectivity index (χ1v) is 11.2. The summed E-state index contributed by atoms with van der Waals surface area (Å²) in [4.78, 5) is 40.0. The molecule has 27 heavy (non-hydrogen) atoms. The van der Waals surface area contributed by atoms with E-state index in [2.05, 4.69) is 5.32 Å². The molecule has 3 rings (SSSR count). The van der Waals surface area contributed by atoms with Crippen LogP contribution in [-0.2, 0) is 14.4 Å². The van der Waals surface area contributed by atoms with Gasteiger partial charge in [0, 0.05) is 0 Å². The Labute approximate surface area is 173 Å². The highest BCUT2D eigenvalue weighted by Crippen LogP contribution is 2.39. The number of likely N-dealkylation sites (tertiary alicyclic amines) is 1. The highest BCUT2D eigenvalue weighted by atomic mass is 35.5. The molecule has 1 heterocycles. The summed E-state index contributed by atoms with van der Waals surface area (Å²) in [5.41, 5.74) is 0.375. The summed E-state index contributed by atoms with van der Waals surface area (Å²) >= 11 is 13.7. The highest BCUT2D eigenvalue weighted by Gasteiger charge is 2.51. The molecule has 3 unspecified atom stereocenters. The fourth-order valence-corrected chi connectivity index (χ4v) is 4.73. The maximum absolute atomic E-state index is 13.0. The molecule has 1 aromatic carbocycles. The zero-order chi connectivity index (χ0) is 19.6. The average molecular weight is 429 g/mol. The molecule has 1 saturated heterocycles. The number of carbonyl (C=O) groups is 3. The van der Waals surface area contributed by atoms with Crippen LogP contribution in [0.5, 0.6) is 0 Å². The Kier molecular flexibility index (Phi) is 6.71. The van der Waals surface area contributed by atoms with Gasteiger partial charge in [-0.25, -0.2) is 0 Å². The number of carbonyl (C=O) groups excluding carboxylic acids is 3. The third kappa shape index (κ3) is 4.13. The summed E-state index contributed by atoms with van der Waals surface area (Å²) < 4.78 is 0. The maximum Gasteiger partial charge on any atom is 0.247 e. The number of fused-ring (bicyclic) bond motifs is 1. The number of hydrogen-bond acceptors (Lipinski definition) is 4. The molecule has 2 fully saturated rings. The monoisotopic (exact) mass is 428 g/mol. The van der Waals surface area contributed by atoms with Crippen molar-refractivity contribution in [2.75, 3.05) is 17.3 Å².